The zero-order chi connectivity index (χ0) is 25.9. The highest BCUT2D eigenvalue weighted by molar-refractivity contribution is 8.04. The van der Waals surface area contributed by atoms with Crippen molar-refractivity contribution in [2.45, 2.75) is 39.0 Å². The number of nitro groups is 1. The second-order valence-corrected chi connectivity index (χ2v) is 9.86. The van der Waals surface area contributed by atoms with Crippen molar-refractivity contribution in [3.63, 3.8) is 0 Å². The van der Waals surface area contributed by atoms with Crippen LogP contribution in [0.5, 0.6) is 0 Å². The van der Waals surface area contributed by atoms with Crippen LogP contribution >= 0.6 is 11.8 Å². The Morgan fingerprint density at radius 2 is 1.72 bits per heavy atom. The summed E-state index contributed by atoms with van der Waals surface area (Å²) in [6.07, 6.45) is 3.25. The Hall–Kier alpha value is -4.12. The van der Waals surface area contributed by atoms with E-state index in [4.69, 9.17) is 4.74 Å². The zero-order valence-corrected chi connectivity index (χ0v) is 20.8. The summed E-state index contributed by atoms with van der Waals surface area (Å²) in [6, 6.07) is 12.6. The van der Waals surface area contributed by atoms with Gasteiger partial charge in [0.05, 0.1) is 10.6 Å². The van der Waals surface area contributed by atoms with Crippen molar-refractivity contribution in [2.75, 3.05) is 5.32 Å². The molecule has 2 amide bonds. The molecule has 4 rings (SSSR count). The van der Waals surface area contributed by atoms with Crippen LogP contribution in [0, 0.1) is 10.1 Å². The quantitative estimate of drug-likeness (QED) is 0.419. The smallest absolute Gasteiger partial charge is 0.412 e. The summed E-state index contributed by atoms with van der Waals surface area (Å²) in [5.41, 5.74) is 1.67. The molecule has 0 spiro atoms. The summed E-state index contributed by atoms with van der Waals surface area (Å²) in [5.74, 6) is -0.367. The van der Waals surface area contributed by atoms with Gasteiger partial charge in [-0.1, -0.05) is 12.1 Å². The molecule has 36 heavy (non-hydrogen) atoms. The summed E-state index contributed by atoms with van der Waals surface area (Å²) in [4.78, 5) is 37.8. The fraction of sp³-hybridized carbons (Fsp3) is 0.240. The molecule has 0 saturated heterocycles. The maximum Gasteiger partial charge on any atom is 0.412 e. The molecule has 0 saturated carbocycles. The molecule has 0 bridgehead atoms. The number of nitro benzene ring substituents is 1. The van der Waals surface area contributed by atoms with E-state index in [9.17, 15) is 19.7 Å². The highest BCUT2D eigenvalue weighted by atomic mass is 32.2. The fourth-order valence-electron chi connectivity index (χ4n) is 3.61. The Labute approximate surface area is 212 Å². The SMILES string of the molecule is CC(C)(C)OC(=O)Nc1ccc(C2=NN(C(=O)c3ccc([N+](=O)[O-])cc3)C(N3C=CSC=C3)C2)cc1. The van der Waals surface area contributed by atoms with E-state index in [0.717, 1.165) is 5.56 Å². The minimum atomic E-state index is -0.604. The molecule has 11 heteroatoms. The molecule has 2 aliphatic rings. The van der Waals surface area contributed by atoms with Crippen LogP contribution < -0.4 is 5.32 Å². The van der Waals surface area contributed by atoms with Gasteiger partial charge in [0, 0.05) is 42.2 Å². The van der Waals surface area contributed by atoms with Crippen LogP contribution in [-0.2, 0) is 4.74 Å². The summed E-state index contributed by atoms with van der Waals surface area (Å²) >= 11 is 1.52. The van der Waals surface area contributed by atoms with Gasteiger partial charge < -0.3 is 9.64 Å². The first-order valence-electron chi connectivity index (χ1n) is 11.1. The van der Waals surface area contributed by atoms with Crippen molar-refractivity contribution in [2.24, 2.45) is 5.10 Å². The molecule has 0 aromatic heterocycles. The molecule has 2 aromatic carbocycles. The molecule has 1 N–H and O–H groups in total. The van der Waals surface area contributed by atoms with E-state index in [1.807, 2.05) is 40.2 Å². The predicted molar refractivity (Wildman–Crippen MR) is 138 cm³/mol. The second-order valence-electron chi connectivity index (χ2n) is 9.04. The number of rotatable bonds is 5. The number of hydrogen-bond donors (Lipinski definition) is 1. The van der Waals surface area contributed by atoms with Crippen LogP contribution in [0.25, 0.3) is 0 Å². The Kier molecular flexibility index (Phi) is 7.11. The highest BCUT2D eigenvalue weighted by Crippen LogP contribution is 2.29. The molecule has 186 valence electrons. The molecule has 0 aliphatic carbocycles. The number of amides is 2. The lowest BCUT2D eigenvalue weighted by molar-refractivity contribution is -0.384. The third-order valence-electron chi connectivity index (χ3n) is 5.25. The summed E-state index contributed by atoms with van der Waals surface area (Å²) < 4.78 is 5.28. The minimum absolute atomic E-state index is 0.0901. The van der Waals surface area contributed by atoms with Crippen LogP contribution in [0.3, 0.4) is 0 Å². The first-order valence-corrected chi connectivity index (χ1v) is 12.1. The lowest BCUT2D eigenvalue weighted by Gasteiger charge is -2.30. The van der Waals surface area contributed by atoms with Gasteiger partial charge in [0.25, 0.3) is 11.6 Å². The van der Waals surface area contributed by atoms with Crippen LogP contribution in [0.4, 0.5) is 16.2 Å². The van der Waals surface area contributed by atoms with Crippen LogP contribution in [-0.4, -0.2) is 44.3 Å². The van der Waals surface area contributed by atoms with Gasteiger partial charge in [-0.05, 0) is 61.4 Å². The van der Waals surface area contributed by atoms with Crippen molar-refractivity contribution in [3.8, 4) is 0 Å². The van der Waals surface area contributed by atoms with E-state index in [-0.39, 0.29) is 11.6 Å². The normalized spacial score (nSPS) is 17.1. The molecule has 0 fully saturated rings. The van der Waals surface area contributed by atoms with Gasteiger partial charge in [-0.3, -0.25) is 20.2 Å². The largest absolute Gasteiger partial charge is 0.444 e. The lowest BCUT2D eigenvalue weighted by atomic mass is 10.1. The number of benzene rings is 2. The molecule has 1 unspecified atom stereocenters. The predicted octanol–water partition coefficient (Wildman–Crippen LogP) is 5.51. The van der Waals surface area contributed by atoms with Crippen molar-refractivity contribution in [1.82, 2.24) is 9.91 Å². The third kappa shape index (κ3) is 5.92. The Morgan fingerprint density at radius 1 is 1.08 bits per heavy atom. The first kappa shape index (κ1) is 25.0. The number of carbonyl (C=O) groups excluding carboxylic acids is 2. The number of hydrogen-bond acceptors (Lipinski definition) is 8. The van der Waals surface area contributed by atoms with Gasteiger partial charge in [-0.15, -0.1) is 11.8 Å². The van der Waals surface area contributed by atoms with Crippen LogP contribution in [0.2, 0.25) is 0 Å². The topological polar surface area (TPSA) is 117 Å². The summed E-state index contributed by atoms with van der Waals surface area (Å²) in [7, 11) is 0. The maximum atomic E-state index is 13.4. The lowest BCUT2D eigenvalue weighted by Crippen LogP contribution is -2.41. The molecule has 2 aliphatic heterocycles. The summed E-state index contributed by atoms with van der Waals surface area (Å²) in [6.45, 7) is 5.37. The molecular formula is C25H25N5O5S. The van der Waals surface area contributed by atoms with Crippen molar-refractivity contribution >= 4 is 40.8 Å². The number of thioether (sulfide) groups is 1. The average molecular weight is 508 g/mol. The number of carbonyl (C=O) groups is 2. The molecular weight excluding hydrogens is 482 g/mol. The van der Waals surface area contributed by atoms with E-state index in [0.29, 0.717) is 23.4 Å². The fourth-order valence-corrected chi connectivity index (χ4v) is 4.13. The number of ether oxygens (including phenoxy) is 1. The van der Waals surface area contributed by atoms with Gasteiger partial charge in [0.1, 0.15) is 11.8 Å². The summed E-state index contributed by atoms with van der Waals surface area (Å²) in [5, 5.41) is 23.5. The first-order chi connectivity index (χ1) is 17.1. The number of non-ortho nitro benzene ring substituents is 1. The molecule has 2 aromatic rings. The van der Waals surface area contributed by atoms with E-state index >= 15 is 0 Å². The van der Waals surface area contributed by atoms with E-state index in [1.165, 1.54) is 41.0 Å². The van der Waals surface area contributed by atoms with Gasteiger partial charge in [-0.25, -0.2) is 9.80 Å². The monoisotopic (exact) mass is 507 g/mol. The van der Waals surface area contributed by atoms with Crippen molar-refractivity contribution in [3.05, 3.63) is 93.0 Å². The average Bonchev–Trinajstić information content (AvgIpc) is 3.29. The van der Waals surface area contributed by atoms with Crippen LogP contribution in [0.1, 0.15) is 43.1 Å². The van der Waals surface area contributed by atoms with E-state index in [1.54, 1.807) is 32.9 Å². The molecule has 1 atom stereocenters. The number of hydrazone groups is 1. The standard InChI is InChI=1S/C25H25N5O5S/c1-25(2,3)35-24(32)26-19-8-4-17(5-9-19)21-16-22(28-12-14-36-15-13-28)29(27-21)23(31)18-6-10-20(11-7-18)30(33)34/h4-15,22H,16H2,1-3H3,(H,26,32). The van der Waals surface area contributed by atoms with Gasteiger partial charge in [-0.2, -0.15) is 5.10 Å². The third-order valence-corrected chi connectivity index (χ3v) is 5.81. The van der Waals surface area contributed by atoms with E-state index in [2.05, 4.69) is 10.4 Å². The second kappa shape index (κ2) is 10.2. The van der Waals surface area contributed by atoms with Gasteiger partial charge in [0.2, 0.25) is 0 Å². The molecule has 10 nitrogen and oxygen atoms in total. The molecule has 2 heterocycles. The van der Waals surface area contributed by atoms with E-state index < -0.39 is 22.8 Å². The van der Waals surface area contributed by atoms with Gasteiger partial charge >= 0.3 is 6.09 Å². The van der Waals surface area contributed by atoms with Crippen molar-refractivity contribution < 1.29 is 19.2 Å². The maximum absolute atomic E-state index is 13.4. The van der Waals surface area contributed by atoms with Gasteiger partial charge in [0.15, 0.2) is 0 Å². The number of nitrogens with one attached hydrogen (secondary N) is 1. The molecule has 0 radical (unpaired) electrons. The van der Waals surface area contributed by atoms with Crippen molar-refractivity contribution in [1.29, 1.82) is 0 Å². The number of anilines is 1. The minimum Gasteiger partial charge on any atom is -0.444 e. The number of nitrogens with zero attached hydrogens (tertiary/aromatic N) is 4. The Morgan fingerprint density at radius 3 is 2.31 bits per heavy atom. The zero-order valence-electron chi connectivity index (χ0n) is 20.0. The Bertz CT molecular complexity index is 1240. The van der Waals surface area contributed by atoms with Crippen LogP contribution in [0.15, 0.2) is 76.8 Å². The Balaban J connectivity index is 1.56. The highest BCUT2D eigenvalue weighted by Gasteiger charge is 2.35.